The Morgan fingerprint density at radius 1 is 1.10 bits per heavy atom. The number of amides is 1. The number of methoxy groups -OCH3 is 1. The summed E-state index contributed by atoms with van der Waals surface area (Å²) in [6, 6.07) is 15.1. The average Bonchev–Trinajstić information content (AvgIpc) is 3.43. The Morgan fingerprint density at radius 2 is 1.87 bits per heavy atom. The highest BCUT2D eigenvalue weighted by Gasteiger charge is 2.47. The van der Waals surface area contributed by atoms with Crippen LogP contribution in [0.2, 0.25) is 0 Å². The van der Waals surface area contributed by atoms with Gasteiger partial charge in [-0.25, -0.2) is 0 Å². The third kappa shape index (κ3) is 3.87. The molecule has 2 aromatic carbocycles. The molecule has 2 aromatic rings. The summed E-state index contributed by atoms with van der Waals surface area (Å²) in [5.41, 5.74) is 5.31. The van der Waals surface area contributed by atoms with Crippen molar-refractivity contribution < 1.29 is 9.53 Å². The number of hydrogen-bond acceptors (Lipinski definition) is 3. The molecule has 1 amide bonds. The molecule has 3 aliphatic rings. The standard InChI is InChI=1S/C27H34N2O2/c1-20-10-11-25-24(16-20)27(19-29(25)26(30)22-7-3-4-8-22)12-14-28(15-13-27)18-21-6-5-9-23(17-21)31-2/h5-6,9-11,16-17,22H,3-4,7-8,12-15,18-19H2,1-2H3. The summed E-state index contributed by atoms with van der Waals surface area (Å²) >= 11 is 0. The van der Waals surface area contributed by atoms with Crippen LogP contribution < -0.4 is 9.64 Å². The van der Waals surface area contributed by atoms with E-state index >= 15 is 0 Å². The zero-order valence-electron chi connectivity index (χ0n) is 18.9. The number of carbonyl (C=O) groups excluding carboxylic acids is 1. The van der Waals surface area contributed by atoms with Gasteiger partial charge < -0.3 is 9.64 Å². The number of anilines is 1. The monoisotopic (exact) mass is 418 g/mol. The van der Waals surface area contributed by atoms with Crippen molar-refractivity contribution in [2.24, 2.45) is 5.92 Å². The second kappa shape index (κ2) is 8.31. The number of carbonyl (C=O) groups is 1. The normalized spacial score (nSPS) is 20.9. The summed E-state index contributed by atoms with van der Waals surface area (Å²) in [6.45, 7) is 6.13. The molecule has 2 fully saturated rings. The predicted octanol–water partition coefficient (Wildman–Crippen LogP) is 5.07. The number of likely N-dealkylation sites (tertiary alicyclic amines) is 1. The molecule has 0 N–H and O–H groups in total. The minimum absolute atomic E-state index is 0.112. The second-order valence-electron chi connectivity index (χ2n) is 9.83. The summed E-state index contributed by atoms with van der Waals surface area (Å²) in [6.07, 6.45) is 6.77. The van der Waals surface area contributed by atoms with Gasteiger partial charge in [-0.2, -0.15) is 0 Å². The fraction of sp³-hybridized carbons (Fsp3) is 0.519. The quantitative estimate of drug-likeness (QED) is 0.695. The van der Waals surface area contributed by atoms with E-state index in [-0.39, 0.29) is 11.3 Å². The van der Waals surface area contributed by atoms with Crippen LogP contribution in [0, 0.1) is 12.8 Å². The molecule has 5 rings (SSSR count). The van der Waals surface area contributed by atoms with Crippen LogP contribution >= 0.6 is 0 Å². The van der Waals surface area contributed by atoms with E-state index in [0.717, 1.165) is 57.6 Å². The van der Waals surface area contributed by atoms with Gasteiger partial charge in [-0.15, -0.1) is 0 Å². The van der Waals surface area contributed by atoms with Crippen molar-refractivity contribution >= 4 is 11.6 Å². The molecule has 1 saturated heterocycles. The lowest BCUT2D eigenvalue weighted by Crippen LogP contribution is -2.46. The molecule has 31 heavy (non-hydrogen) atoms. The Kier molecular flexibility index (Phi) is 5.51. The number of benzene rings is 2. The molecule has 4 heteroatoms. The van der Waals surface area contributed by atoms with E-state index in [2.05, 4.69) is 53.1 Å². The number of fused-ring (bicyclic) bond motifs is 2. The van der Waals surface area contributed by atoms with Crippen LogP contribution in [0.1, 0.15) is 55.2 Å². The first kappa shape index (κ1) is 20.6. The van der Waals surface area contributed by atoms with E-state index in [1.165, 1.54) is 35.2 Å². The SMILES string of the molecule is COc1cccc(CN2CCC3(CC2)CN(C(=O)C2CCCC2)c2ccc(C)cc23)c1. The summed E-state index contributed by atoms with van der Waals surface area (Å²) < 4.78 is 5.39. The summed E-state index contributed by atoms with van der Waals surface area (Å²) in [5.74, 6) is 1.53. The Hall–Kier alpha value is -2.33. The number of piperidine rings is 1. The maximum absolute atomic E-state index is 13.4. The van der Waals surface area contributed by atoms with Gasteiger partial charge in [0.2, 0.25) is 5.91 Å². The predicted molar refractivity (Wildman–Crippen MR) is 125 cm³/mol. The highest BCUT2D eigenvalue weighted by atomic mass is 16.5. The van der Waals surface area contributed by atoms with Crippen LogP contribution in [0.5, 0.6) is 5.75 Å². The number of rotatable bonds is 4. The molecule has 0 aromatic heterocycles. The first-order valence-electron chi connectivity index (χ1n) is 11.9. The van der Waals surface area contributed by atoms with Gasteiger partial charge in [0.25, 0.3) is 0 Å². The van der Waals surface area contributed by atoms with Gasteiger partial charge in [0.15, 0.2) is 0 Å². The van der Waals surface area contributed by atoms with Crippen molar-refractivity contribution in [2.75, 3.05) is 31.6 Å². The largest absolute Gasteiger partial charge is 0.497 e. The molecular formula is C27H34N2O2. The van der Waals surface area contributed by atoms with E-state index in [9.17, 15) is 4.79 Å². The molecule has 4 nitrogen and oxygen atoms in total. The molecule has 0 bridgehead atoms. The van der Waals surface area contributed by atoms with E-state index < -0.39 is 0 Å². The minimum atomic E-state index is 0.112. The highest BCUT2D eigenvalue weighted by Crippen LogP contribution is 2.48. The molecule has 0 unspecified atom stereocenters. The van der Waals surface area contributed by atoms with Gasteiger partial charge in [-0.05, 0) is 75.0 Å². The van der Waals surface area contributed by atoms with Gasteiger partial charge in [0, 0.05) is 30.1 Å². The van der Waals surface area contributed by atoms with Crippen molar-refractivity contribution in [3.63, 3.8) is 0 Å². The van der Waals surface area contributed by atoms with Crippen LogP contribution in [0.25, 0.3) is 0 Å². The van der Waals surface area contributed by atoms with Gasteiger partial charge >= 0.3 is 0 Å². The van der Waals surface area contributed by atoms with Gasteiger partial charge in [0.1, 0.15) is 5.75 Å². The van der Waals surface area contributed by atoms with Crippen molar-refractivity contribution in [2.45, 2.75) is 57.4 Å². The molecule has 2 heterocycles. The average molecular weight is 419 g/mol. The maximum Gasteiger partial charge on any atom is 0.230 e. The Balaban J connectivity index is 1.34. The number of hydrogen-bond donors (Lipinski definition) is 0. The smallest absolute Gasteiger partial charge is 0.230 e. The van der Waals surface area contributed by atoms with Gasteiger partial charge in [-0.1, -0.05) is 42.7 Å². The molecule has 2 aliphatic heterocycles. The first-order chi connectivity index (χ1) is 15.1. The third-order valence-electron chi connectivity index (χ3n) is 7.80. The van der Waals surface area contributed by atoms with Crippen LogP contribution in [-0.2, 0) is 16.8 Å². The van der Waals surface area contributed by atoms with E-state index in [4.69, 9.17) is 4.74 Å². The maximum atomic E-state index is 13.4. The lowest BCUT2D eigenvalue weighted by molar-refractivity contribution is -0.122. The van der Waals surface area contributed by atoms with Gasteiger partial charge in [-0.3, -0.25) is 9.69 Å². The second-order valence-corrected chi connectivity index (χ2v) is 9.83. The number of nitrogens with zero attached hydrogens (tertiary/aromatic N) is 2. The van der Waals surface area contributed by atoms with Crippen LogP contribution in [-0.4, -0.2) is 37.6 Å². The first-order valence-corrected chi connectivity index (χ1v) is 11.9. The Labute approximate surface area is 186 Å². The third-order valence-corrected chi connectivity index (χ3v) is 7.80. The lowest BCUT2D eigenvalue weighted by Gasteiger charge is -2.40. The summed E-state index contributed by atoms with van der Waals surface area (Å²) in [7, 11) is 1.72. The van der Waals surface area contributed by atoms with Crippen molar-refractivity contribution in [3.05, 3.63) is 59.2 Å². The molecule has 164 valence electrons. The molecular weight excluding hydrogens is 384 g/mol. The van der Waals surface area contributed by atoms with E-state index in [0.29, 0.717) is 5.91 Å². The highest BCUT2D eigenvalue weighted by molar-refractivity contribution is 5.98. The summed E-state index contributed by atoms with van der Waals surface area (Å²) in [4.78, 5) is 18.1. The van der Waals surface area contributed by atoms with Crippen LogP contribution in [0.15, 0.2) is 42.5 Å². The number of ether oxygens (including phenoxy) is 1. The van der Waals surface area contributed by atoms with Crippen LogP contribution in [0.4, 0.5) is 5.69 Å². The fourth-order valence-electron chi connectivity index (χ4n) is 5.97. The van der Waals surface area contributed by atoms with Crippen molar-refractivity contribution in [1.82, 2.24) is 4.90 Å². The minimum Gasteiger partial charge on any atom is -0.497 e. The van der Waals surface area contributed by atoms with Crippen molar-refractivity contribution in [1.29, 1.82) is 0 Å². The lowest BCUT2D eigenvalue weighted by atomic mass is 9.74. The van der Waals surface area contributed by atoms with Crippen LogP contribution in [0.3, 0.4) is 0 Å². The fourth-order valence-corrected chi connectivity index (χ4v) is 5.97. The van der Waals surface area contributed by atoms with E-state index in [1.54, 1.807) is 7.11 Å². The summed E-state index contributed by atoms with van der Waals surface area (Å²) in [5, 5.41) is 0. The van der Waals surface area contributed by atoms with Crippen molar-refractivity contribution in [3.8, 4) is 5.75 Å². The Bertz CT molecular complexity index is 955. The van der Waals surface area contributed by atoms with Gasteiger partial charge in [0.05, 0.1) is 7.11 Å². The molecule has 0 atom stereocenters. The molecule has 1 aliphatic carbocycles. The Morgan fingerprint density at radius 3 is 2.61 bits per heavy atom. The zero-order valence-corrected chi connectivity index (χ0v) is 18.9. The molecule has 1 spiro atoms. The zero-order chi connectivity index (χ0) is 21.4. The number of aryl methyl sites for hydroxylation is 1. The topological polar surface area (TPSA) is 32.8 Å². The van der Waals surface area contributed by atoms with E-state index in [1.807, 2.05) is 6.07 Å². The molecule has 1 saturated carbocycles. The molecule has 0 radical (unpaired) electrons.